The van der Waals surface area contributed by atoms with Gasteiger partial charge in [0.05, 0.1) is 17.0 Å². The highest BCUT2D eigenvalue weighted by atomic mass is 32.2. The third-order valence-electron chi connectivity index (χ3n) is 2.79. The van der Waals surface area contributed by atoms with E-state index in [1.165, 1.54) is 10.9 Å². The smallest absolute Gasteiger partial charge is 0.238 e. The van der Waals surface area contributed by atoms with Crippen LogP contribution in [0.3, 0.4) is 0 Å². The van der Waals surface area contributed by atoms with Crippen LogP contribution in [-0.4, -0.2) is 37.7 Å². The maximum Gasteiger partial charge on any atom is 0.238 e. The van der Waals surface area contributed by atoms with Crippen molar-refractivity contribution in [3.05, 3.63) is 11.8 Å². The number of thioether (sulfide) groups is 1. The summed E-state index contributed by atoms with van der Waals surface area (Å²) in [6, 6.07) is 0. The van der Waals surface area contributed by atoms with Gasteiger partial charge in [-0.25, -0.2) is 0 Å². The van der Waals surface area contributed by atoms with Gasteiger partial charge in [0.15, 0.2) is 5.84 Å². The van der Waals surface area contributed by atoms with Crippen LogP contribution in [0.5, 0.6) is 0 Å². The van der Waals surface area contributed by atoms with Crippen LogP contribution in [0.1, 0.15) is 18.4 Å². The molecule has 18 heavy (non-hydrogen) atoms. The summed E-state index contributed by atoms with van der Waals surface area (Å²) < 4.78 is 1.49. The molecule has 1 unspecified atom stereocenters. The minimum absolute atomic E-state index is 0.0277. The maximum atomic E-state index is 12.0. The highest BCUT2D eigenvalue weighted by Crippen LogP contribution is 2.27. The number of nitrogens with zero attached hydrogens (tertiary/aromatic N) is 3. The molecular weight excluding hydrogens is 254 g/mol. The monoisotopic (exact) mass is 269 g/mol. The van der Waals surface area contributed by atoms with Crippen molar-refractivity contribution in [1.82, 2.24) is 9.78 Å². The van der Waals surface area contributed by atoms with E-state index < -0.39 is 0 Å². The Labute approximate surface area is 108 Å². The van der Waals surface area contributed by atoms with Gasteiger partial charge in [0, 0.05) is 7.05 Å². The lowest BCUT2D eigenvalue weighted by molar-refractivity contribution is -0.115. The molecule has 0 bridgehead atoms. The molecule has 1 fully saturated rings. The van der Waals surface area contributed by atoms with Crippen molar-refractivity contribution < 1.29 is 10.0 Å². The Balaban J connectivity index is 2.17. The lowest BCUT2D eigenvalue weighted by Crippen LogP contribution is -2.26. The molecule has 2 rings (SSSR count). The molecule has 7 nitrogen and oxygen atoms in total. The van der Waals surface area contributed by atoms with Gasteiger partial charge < -0.3 is 16.3 Å². The van der Waals surface area contributed by atoms with Crippen LogP contribution in [-0.2, 0) is 11.8 Å². The normalized spacial score (nSPS) is 20.1. The zero-order valence-electron chi connectivity index (χ0n) is 9.96. The van der Waals surface area contributed by atoms with Crippen LogP contribution in [0.4, 0.5) is 5.82 Å². The average molecular weight is 269 g/mol. The number of hydrogen-bond donors (Lipinski definition) is 3. The number of amidine groups is 1. The summed E-state index contributed by atoms with van der Waals surface area (Å²) in [5, 5.41) is 18.3. The predicted octanol–water partition coefficient (Wildman–Crippen LogP) is 0.349. The largest absolute Gasteiger partial charge is 0.409 e. The lowest BCUT2D eigenvalue weighted by atomic mass is 10.2. The van der Waals surface area contributed by atoms with E-state index in [2.05, 4.69) is 15.6 Å². The molecule has 0 aromatic carbocycles. The summed E-state index contributed by atoms with van der Waals surface area (Å²) in [4.78, 5) is 12.0. The van der Waals surface area contributed by atoms with Crippen LogP contribution in [0.25, 0.3) is 0 Å². The highest BCUT2D eigenvalue weighted by Gasteiger charge is 2.25. The number of nitrogens with one attached hydrogen (secondary N) is 1. The summed E-state index contributed by atoms with van der Waals surface area (Å²) in [5.41, 5.74) is 5.94. The molecule has 0 saturated carbocycles. The molecular formula is C10H15N5O2S. The van der Waals surface area contributed by atoms with Crippen LogP contribution in [0.2, 0.25) is 0 Å². The lowest BCUT2D eigenvalue weighted by Gasteiger charge is -2.11. The Morgan fingerprint density at radius 2 is 2.56 bits per heavy atom. The van der Waals surface area contributed by atoms with E-state index in [-0.39, 0.29) is 17.0 Å². The fourth-order valence-corrected chi connectivity index (χ4v) is 2.97. The highest BCUT2D eigenvalue weighted by molar-refractivity contribution is 8.00. The Morgan fingerprint density at radius 1 is 1.78 bits per heavy atom. The van der Waals surface area contributed by atoms with E-state index in [1.54, 1.807) is 18.8 Å². The van der Waals surface area contributed by atoms with Crippen molar-refractivity contribution >= 4 is 29.3 Å². The molecule has 0 aliphatic carbocycles. The summed E-state index contributed by atoms with van der Waals surface area (Å²) in [5.74, 6) is 1.32. The van der Waals surface area contributed by atoms with Crippen molar-refractivity contribution in [2.24, 2.45) is 17.9 Å². The zero-order valence-corrected chi connectivity index (χ0v) is 10.8. The molecule has 1 aliphatic heterocycles. The number of oxime groups is 1. The molecule has 1 atom stereocenters. The number of anilines is 1. The molecule has 1 aliphatic rings. The molecule has 2 heterocycles. The molecule has 1 aromatic heterocycles. The summed E-state index contributed by atoms with van der Waals surface area (Å²) >= 11 is 1.65. The van der Waals surface area contributed by atoms with E-state index >= 15 is 0 Å². The van der Waals surface area contributed by atoms with Gasteiger partial charge in [-0.3, -0.25) is 9.48 Å². The van der Waals surface area contributed by atoms with Gasteiger partial charge >= 0.3 is 0 Å². The van der Waals surface area contributed by atoms with Gasteiger partial charge in [-0.05, 0) is 18.6 Å². The number of carbonyl (C=O) groups excluding carboxylic acids is 1. The SMILES string of the molecule is Cn1ncc(/C(N)=N\O)c1NC(=O)C1CCCS1. The number of hydrogen-bond acceptors (Lipinski definition) is 5. The summed E-state index contributed by atoms with van der Waals surface area (Å²) in [7, 11) is 1.69. The number of carbonyl (C=O) groups is 1. The van der Waals surface area contributed by atoms with Crippen molar-refractivity contribution in [3.8, 4) is 0 Å². The van der Waals surface area contributed by atoms with Crippen LogP contribution in [0.15, 0.2) is 11.4 Å². The summed E-state index contributed by atoms with van der Waals surface area (Å²) in [6.07, 6.45) is 3.39. The Bertz CT molecular complexity index is 479. The number of amides is 1. The number of aryl methyl sites for hydroxylation is 1. The minimum atomic E-state index is -0.0718. The Hall–Kier alpha value is -1.70. The number of nitrogens with two attached hydrogens (primary N) is 1. The maximum absolute atomic E-state index is 12.0. The van der Waals surface area contributed by atoms with Gasteiger partial charge in [-0.2, -0.15) is 5.10 Å². The van der Waals surface area contributed by atoms with Crippen molar-refractivity contribution in [2.75, 3.05) is 11.1 Å². The van der Waals surface area contributed by atoms with Gasteiger partial charge in [0.2, 0.25) is 5.91 Å². The van der Waals surface area contributed by atoms with E-state index in [9.17, 15) is 4.79 Å². The van der Waals surface area contributed by atoms with Gasteiger partial charge in [0.25, 0.3) is 0 Å². The van der Waals surface area contributed by atoms with E-state index in [0.717, 1.165) is 18.6 Å². The fraction of sp³-hybridized carbons (Fsp3) is 0.500. The molecule has 8 heteroatoms. The molecule has 1 amide bonds. The average Bonchev–Trinajstić information content (AvgIpc) is 2.99. The minimum Gasteiger partial charge on any atom is -0.409 e. The topological polar surface area (TPSA) is 106 Å². The molecule has 1 aromatic rings. The van der Waals surface area contributed by atoms with Crippen LogP contribution < -0.4 is 11.1 Å². The quantitative estimate of drug-likeness (QED) is 0.318. The van der Waals surface area contributed by atoms with Crippen LogP contribution >= 0.6 is 11.8 Å². The molecule has 98 valence electrons. The second-order valence-corrected chi connectivity index (χ2v) is 5.32. The van der Waals surface area contributed by atoms with Crippen LogP contribution in [0, 0.1) is 0 Å². The Kier molecular flexibility index (Phi) is 3.75. The standard InChI is InChI=1S/C10H15N5O2S/c1-15-9(6(5-12-15)8(11)14-17)13-10(16)7-3-2-4-18-7/h5,7,17H,2-4H2,1H3,(H2,11,14)(H,13,16). The molecule has 0 radical (unpaired) electrons. The second kappa shape index (κ2) is 5.30. The first-order valence-corrected chi connectivity index (χ1v) is 6.60. The van der Waals surface area contributed by atoms with E-state index in [1.807, 2.05) is 0 Å². The van der Waals surface area contributed by atoms with Crippen molar-refractivity contribution in [3.63, 3.8) is 0 Å². The summed E-state index contributed by atoms with van der Waals surface area (Å²) in [6.45, 7) is 0. The van der Waals surface area contributed by atoms with Gasteiger partial charge in [0.1, 0.15) is 5.82 Å². The molecule has 4 N–H and O–H groups in total. The first-order chi connectivity index (χ1) is 8.63. The van der Waals surface area contributed by atoms with Gasteiger partial charge in [-0.15, -0.1) is 11.8 Å². The second-order valence-electron chi connectivity index (χ2n) is 4.01. The van der Waals surface area contributed by atoms with E-state index in [4.69, 9.17) is 10.9 Å². The first-order valence-electron chi connectivity index (χ1n) is 5.56. The Morgan fingerprint density at radius 3 is 3.17 bits per heavy atom. The number of aromatic nitrogens is 2. The third-order valence-corrected chi connectivity index (χ3v) is 4.16. The predicted molar refractivity (Wildman–Crippen MR) is 69.8 cm³/mol. The number of rotatable bonds is 3. The molecule has 1 saturated heterocycles. The fourth-order valence-electron chi connectivity index (χ4n) is 1.81. The van der Waals surface area contributed by atoms with Crippen molar-refractivity contribution in [2.45, 2.75) is 18.1 Å². The van der Waals surface area contributed by atoms with Crippen molar-refractivity contribution in [1.29, 1.82) is 0 Å². The third kappa shape index (κ3) is 2.42. The van der Waals surface area contributed by atoms with E-state index in [0.29, 0.717) is 11.4 Å². The zero-order chi connectivity index (χ0) is 13.1. The molecule has 0 spiro atoms. The first kappa shape index (κ1) is 12.7. The van der Waals surface area contributed by atoms with Gasteiger partial charge in [-0.1, -0.05) is 5.16 Å².